The summed E-state index contributed by atoms with van der Waals surface area (Å²) in [5.74, 6) is -0.247. The minimum absolute atomic E-state index is 0.0782. The number of aryl methyl sites for hydroxylation is 2. The van der Waals surface area contributed by atoms with E-state index in [1.54, 1.807) is 12.1 Å². The highest BCUT2D eigenvalue weighted by molar-refractivity contribution is 6.33. The molecule has 36 heavy (non-hydrogen) atoms. The number of para-hydroxylation sites is 1. The summed E-state index contributed by atoms with van der Waals surface area (Å²) in [6.45, 7) is 6.13. The van der Waals surface area contributed by atoms with Gasteiger partial charge in [0.1, 0.15) is 5.75 Å². The quantitative estimate of drug-likeness (QED) is 0.366. The predicted octanol–water partition coefficient (Wildman–Crippen LogP) is 4.82. The fourth-order valence-electron chi connectivity index (χ4n) is 4.58. The minimum atomic E-state index is -0.990. The van der Waals surface area contributed by atoms with Crippen LogP contribution in [-0.4, -0.2) is 47.7 Å². The van der Waals surface area contributed by atoms with Gasteiger partial charge in [-0.3, -0.25) is 14.5 Å². The normalized spacial score (nSPS) is 14.8. The van der Waals surface area contributed by atoms with E-state index in [9.17, 15) is 9.59 Å². The molecule has 192 valence electrons. The third-order valence-corrected chi connectivity index (χ3v) is 6.69. The number of benzene rings is 2. The molecule has 1 amide bonds. The maximum absolute atomic E-state index is 12.8. The van der Waals surface area contributed by atoms with E-state index in [1.165, 1.54) is 0 Å². The molecule has 1 atom stereocenters. The average molecular weight is 514 g/mol. The molecule has 0 radical (unpaired) electrons. The SMILES string of the molecule is CCCc1c(Oc2ccccc2CC(=O)O[C@H](CN2CCCC2)C(N)=O)c(Cl)cc2c(CC)noc12. The van der Waals surface area contributed by atoms with Crippen LogP contribution in [0.25, 0.3) is 11.0 Å². The standard InChI is InChI=1S/C27H32ClN3O5/c1-3-9-18-25-19(21(4-2)30-36-25)15-20(28)26(18)35-22-11-6-5-10-17(22)14-24(32)34-23(27(29)33)16-31-12-7-8-13-31/h5-6,10-11,15,23H,3-4,7-9,12-14,16H2,1-2H3,(H2,29,33)/t23-/m1/s1. The van der Waals surface area contributed by atoms with Gasteiger partial charge in [-0.2, -0.15) is 0 Å². The number of ether oxygens (including phenoxy) is 2. The molecule has 1 fully saturated rings. The lowest BCUT2D eigenvalue weighted by molar-refractivity contribution is -0.155. The van der Waals surface area contributed by atoms with Crippen molar-refractivity contribution < 1.29 is 23.6 Å². The molecule has 1 aliphatic heterocycles. The van der Waals surface area contributed by atoms with Crippen LogP contribution in [0.15, 0.2) is 34.9 Å². The number of aromatic nitrogens is 1. The van der Waals surface area contributed by atoms with Crippen LogP contribution in [-0.2, 0) is 33.6 Å². The zero-order valence-electron chi connectivity index (χ0n) is 20.7. The van der Waals surface area contributed by atoms with Crippen molar-refractivity contribution in [2.45, 2.75) is 58.5 Å². The number of carbonyl (C=O) groups is 2. The number of nitrogens with two attached hydrogens (primary N) is 1. The number of primary amides is 1. The number of halogens is 1. The highest BCUT2D eigenvalue weighted by atomic mass is 35.5. The highest BCUT2D eigenvalue weighted by Crippen LogP contribution is 2.41. The van der Waals surface area contributed by atoms with E-state index in [0.717, 1.165) is 55.4 Å². The van der Waals surface area contributed by atoms with Crippen molar-refractivity contribution in [3.05, 3.63) is 52.2 Å². The summed E-state index contributed by atoms with van der Waals surface area (Å²) >= 11 is 6.68. The number of carbonyl (C=O) groups excluding carboxylic acids is 2. The van der Waals surface area contributed by atoms with Gasteiger partial charge < -0.3 is 19.7 Å². The number of fused-ring (bicyclic) bond motifs is 1. The number of rotatable bonds is 11. The van der Waals surface area contributed by atoms with Gasteiger partial charge >= 0.3 is 5.97 Å². The molecule has 0 spiro atoms. The minimum Gasteiger partial charge on any atom is -0.455 e. The lowest BCUT2D eigenvalue weighted by Gasteiger charge is -2.21. The molecule has 1 aliphatic rings. The fourth-order valence-corrected chi connectivity index (χ4v) is 4.84. The van der Waals surface area contributed by atoms with Gasteiger partial charge in [0.2, 0.25) is 0 Å². The molecule has 0 saturated carbocycles. The molecule has 3 aromatic rings. The first-order chi connectivity index (χ1) is 17.4. The molecule has 0 bridgehead atoms. The van der Waals surface area contributed by atoms with Gasteiger partial charge in [-0.15, -0.1) is 0 Å². The summed E-state index contributed by atoms with van der Waals surface area (Å²) < 4.78 is 17.5. The summed E-state index contributed by atoms with van der Waals surface area (Å²) in [5.41, 5.74) is 8.46. The Kier molecular flexibility index (Phi) is 8.48. The van der Waals surface area contributed by atoms with E-state index in [-0.39, 0.29) is 6.42 Å². The van der Waals surface area contributed by atoms with Gasteiger partial charge in [0.15, 0.2) is 17.4 Å². The van der Waals surface area contributed by atoms with E-state index in [4.69, 9.17) is 31.3 Å². The van der Waals surface area contributed by atoms with Crippen molar-refractivity contribution in [2.75, 3.05) is 19.6 Å². The molecular weight excluding hydrogens is 482 g/mol. The Hall–Kier alpha value is -3.10. The van der Waals surface area contributed by atoms with Crippen LogP contribution in [0.3, 0.4) is 0 Å². The highest BCUT2D eigenvalue weighted by Gasteiger charge is 2.26. The second kappa shape index (κ2) is 11.8. The first-order valence-corrected chi connectivity index (χ1v) is 12.9. The molecule has 1 saturated heterocycles. The number of hydrogen-bond donors (Lipinski definition) is 1. The van der Waals surface area contributed by atoms with E-state index in [0.29, 0.717) is 40.6 Å². The van der Waals surface area contributed by atoms with Gasteiger partial charge in [0, 0.05) is 23.1 Å². The maximum atomic E-state index is 12.8. The number of esters is 1. The van der Waals surface area contributed by atoms with Crippen molar-refractivity contribution in [2.24, 2.45) is 5.73 Å². The molecule has 0 unspecified atom stereocenters. The largest absolute Gasteiger partial charge is 0.455 e. The van der Waals surface area contributed by atoms with E-state index in [2.05, 4.69) is 17.0 Å². The summed E-state index contributed by atoms with van der Waals surface area (Å²) in [6.07, 6.45) is 3.32. The lowest BCUT2D eigenvalue weighted by atomic mass is 10.0. The smallest absolute Gasteiger partial charge is 0.311 e. The second-order valence-electron chi connectivity index (χ2n) is 9.05. The summed E-state index contributed by atoms with van der Waals surface area (Å²) in [4.78, 5) is 26.8. The summed E-state index contributed by atoms with van der Waals surface area (Å²) in [6, 6.07) is 9.00. The Morgan fingerprint density at radius 3 is 2.67 bits per heavy atom. The Bertz CT molecular complexity index is 1240. The Morgan fingerprint density at radius 1 is 1.22 bits per heavy atom. The van der Waals surface area contributed by atoms with Gasteiger partial charge in [-0.1, -0.05) is 55.2 Å². The van der Waals surface area contributed by atoms with Crippen molar-refractivity contribution >= 4 is 34.4 Å². The molecule has 2 aromatic carbocycles. The average Bonchev–Trinajstić information content (AvgIpc) is 3.51. The molecular formula is C27H32ClN3O5. The number of nitrogens with zero attached hydrogens (tertiary/aromatic N) is 2. The van der Waals surface area contributed by atoms with Crippen LogP contribution in [0.5, 0.6) is 11.5 Å². The molecule has 1 aromatic heterocycles. The predicted molar refractivity (Wildman–Crippen MR) is 137 cm³/mol. The van der Waals surface area contributed by atoms with Crippen molar-refractivity contribution in [3.8, 4) is 11.5 Å². The number of amides is 1. The van der Waals surface area contributed by atoms with Crippen molar-refractivity contribution in [1.29, 1.82) is 0 Å². The molecule has 2 heterocycles. The fraction of sp³-hybridized carbons (Fsp3) is 0.444. The topological polar surface area (TPSA) is 108 Å². The van der Waals surface area contributed by atoms with Gasteiger partial charge in [-0.25, -0.2) is 0 Å². The van der Waals surface area contributed by atoms with Crippen molar-refractivity contribution in [3.63, 3.8) is 0 Å². The molecule has 4 rings (SSSR count). The molecule has 9 heteroatoms. The second-order valence-corrected chi connectivity index (χ2v) is 9.46. The Morgan fingerprint density at radius 2 is 1.97 bits per heavy atom. The Labute approximate surface area is 215 Å². The first kappa shape index (κ1) is 26.0. The third kappa shape index (κ3) is 5.82. The lowest BCUT2D eigenvalue weighted by Crippen LogP contribution is -2.42. The summed E-state index contributed by atoms with van der Waals surface area (Å²) in [5, 5.41) is 5.51. The van der Waals surface area contributed by atoms with E-state index >= 15 is 0 Å². The maximum Gasteiger partial charge on any atom is 0.311 e. The van der Waals surface area contributed by atoms with Crippen LogP contribution in [0.2, 0.25) is 5.02 Å². The van der Waals surface area contributed by atoms with Crippen LogP contribution in [0.1, 0.15) is 49.9 Å². The van der Waals surface area contributed by atoms with E-state index in [1.807, 2.05) is 25.1 Å². The first-order valence-electron chi connectivity index (χ1n) is 12.5. The van der Waals surface area contributed by atoms with Crippen LogP contribution in [0.4, 0.5) is 0 Å². The molecule has 0 aliphatic carbocycles. The number of hydrogen-bond acceptors (Lipinski definition) is 7. The number of likely N-dealkylation sites (tertiary alicyclic amines) is 1. The van der Waals surface area contributed by atoms with Crippen molar-refractivity contribution in [1.82, 2.24) is 10.1 Å². The van der Waals surface area contributed by atoms with Crippen LogP contribution < -0.4 is 10.5 Å². The van der Waals surface area contributed by atoms with Crippen LogP contribution in [0, 0.1) is 0 Å². The van der Waals surface area contributed by atoms with Gasteiger partial charge in [0.25, 0.3) is 5.91 Å². The van der Waals surface area contributed by atoms with E-state index < -0.39 is 18.0 Å². The Balaban J connectivity index is 1.56. The van der Waals surface area contributed by atoms with Gasteiger partial charge in [-0.05, 0) is 50.9 Å². The van der Waals surface area contributed by atoms with Crippen LogP contribution >= 0.6 is 11.6 Å². The zero-order chi connectivity index (χ0) is 25.7. The summed E-state index contributed by atoms with van der Waals surface area (Å²) in [7, 11) is 0. The zero-order valence-corrected chi connectivity index (χ0v) is 21.5. The molecule has 8 nitrogen and oxygen atoms in total. The monoisotopic (exact) mass is 513 g/mol. The van der Waals surface area contributed by atoms with Gasteiger partial charge in [0.05, 0.1) is 17.1 Å². The third-order valence-electron chi connectivity index (χ3n) is 6.41. The molecule has 2 N–H and O–H groups in total.